The Morgan fingerprint density at radius 2 is 0.823 bits per heavy atom. The molecule has 4 nitrogen and oxygen atoms in total. The molecule has 0 aliphatic heterocycles. The molecule has 0 bridgehead atoms. The quantitative estimate of drug-likeness (QED) is 0.163. The van der Waals surface area contributed by atoms with Crippen LogP contribution in [0.15, 0.2) is 206 Å². The molecule has 13 rings (SSSR count). The number of hydrogen-bond acceptors (Lipinski definition) is 4. The highest BCUT2D eigenvalue weighted by Crippen LogP contribution is 2.45. The Kier molecular flexibility index (Phi) is 7.74. The maximum atomic E-state index is 5.35. The van der Waals surface area contributed by atoms with Crippen molar-refractivity contribution in [3.63, 3.8) is 0 Å². The van der Waals surface area contributed by atoms with Crippen molar-refractivity contribution in [1.29, 1.82) is 0 Å². The summed E-state index contributed by atoms with van der Waals surface area (Å²) in [5.41, 5.74) is 8.49. The molecular formula is C57H34N4S. The van der Waals surface area contributed by atoms with Crippen molar-refractivity contribution in [2.45, 2.75) is 0 Å². The molecular weight excluding hydrogens is 773 g/mol. The van der Waals surface area contributed by atoms with Gasteiger partial charge >= 0.3 is 0 Å². The van der Waals surface area contributed by atoms with Crippen LogP contribution in [-0.2, 0) is 0 Å². The van der Waals surface area contributed by atoms with Gasteiger partial charge < -0.3 is 4.57 Å². The second kappa shape index (κ2) is 13.8. The zero-order valence-corrected chi connectivity index (χ0v) is 34.1. The van der Waals surface area contributed by atoms with Crippen LogP contribution in [0.5, 0.6) is 0 Å². The Hall–Kier alpha value is -7.99. The van der Waals surface area contributed by atoms with Crippen LogP contribution >= 0.6 is 11.3 Å². The van der Waals surface area contributed by atoms with Gasteiger partial charge in [-0.1, -0.05) is 170 Å². The smallest absolute Gasteiger partial charge is 0.166 e. The molecule has 10 aromatic carbocycles. The first-order valence-corrected chi connectivity index (χ1v) is 21.8. The number of hydrogen-bond donors (Lipinski definition) is 0. The van der Waals surface area contributed by atoms with Crippen LogP contribution < -0.4 is 0 Å². The zero-order chi connectivity index (χ0) is 40.7. The minimum Gasteiger partial charge on any atom is -0.308 e. The van der Waals surface area contributed by atoms with E-state index in [1.807, 2.05) is 47.7 Å². The van der Waals surface area contributed by atoms with Crippen LogP contribution in [0.2, 0.25) is 0 Å². The van der Waals surface area contributed by atoms with Gasteiger partial charge in [0.25, 0.3) is 0 Å². The fourth-order valence-electron chi connectivity index (χ4n) is 9.61. The number of thiophene rings is 1. The first-order chi connectivity index (χ1) is 30.7. The van der Waals surface area contributed by atoms with Crippen molar-refractivity contribution < 1.29 is 0 Å². The number of aromatic nitrogens is 4. The normalized spacial score (nSPS) is 11.9. The van der Waals surface area contributed by atoms with Crippen LogP contribution in [0.25, 0.3) is 125 Å². The molecule has 0 saturated heterocycles. The second-order valence-corrected chi connectivity index (χ2v) is 17.0. The van der Waals surface area contributed by atoms with Crippen LogP contribution in [0.1, 0.15) is 0 Å². The fourth-order valence-corrected chi connectivity index (χ4v) is 10.8. The van der Waals surface area contributed by atoms with Gasteiger partial charge in [-0.3, -0.25) is 0 Å². The van der Waals surface area contributed by atoms with E-state index >= 15 is 0 Å². The molecule has 13 aromatic rings. The molecule has 5 heteroatoms. The molecule has 0 amide bonds. The first-order valence-electron chi connectivity index (χ1n) is 20.9. The van der Waals surface area contributed by atoms with E-state index < -0.39 is 0 Å². The lowest BCUT2D eigenvalue weighted by atomic mass is 9.92. The minimum absolute atomic E-state index is 0.617. The van der Waals surface area contributed by atoms with Gasteiger partial charge in [0.05, 0.1) is 16.7 Å². The van der Waals surface area contributed by atoms with Gasteiger partial charge in [0.1, 0.15) is 0 Å². The van der Waals surface area contributed by atoms with Gasteiger partial charge in [0.2, 0.25) is 0 Å². The van der Waals surface area contributed by atoms with E-state index in [0.29, 0.717) is 17.5 Å². The molecule has 3 aromatic heterocycles. The Morgan fingerprint density at radius 3 is 1.50 bits per heavy atom. The predicted octanol–water partition coefficient (Wildman–Crippen LogP) is 15.5. The summed E-state index contributed by atoms with van der Waals surface area (Å²) in [6, 6.07) is 73.9. The van der Waals surface area contributed by atoms with E-state index in [1.54, 1.807) is 0 Å². The summed E-state index contributed by atoms with van der Waals surface area (Å²) in [5.74, 6) is 1.88. The highest BCUT2D eigenvalue weighted by Gasteiger charge is 2.23. The molecule has 0 aliphatic rings. The molecule has 0 N–H and O–H groups in total. The standard InChI is InChI=1S/C57H34N4S/c1-3-16-35(17-4-1)55-58-56(36-18-5-2-6-19-36)60-57(59-55)49-33-46-41-22-9-7-20-39(41)40-21-8-10-23-42(40)47(46)34-52(49)61-50-28-13-11-24-43(50)48-32-37(30-31-51(48)61)38-26-15-27-45-44-25-12-14-29-53(44)62-54(38)45/h1-34H. The molecule has 288 valence electrons. The van der Waals surface area contributed by atoms with Crippen LogP contribution in [0, 0.1) is 0 Å². The van der Waals surface area contributed by atoms with Gasteiger partial charge in [-0.15, -0.1) is 11.3 Å². The minimum atomic E-state index is 0.617. The van der Waals surface area contributed by atoms with Gasteiger partial charge in [-0.25, -0.2) is 15.0 Å². The van der Waals surface area contributed by atoms with Crippen molar-refractivity contribution in [2.24, 2.45) is 0 Å². The van der Waals surface area contributed by atoms with Crippen LogP contribution in [-0.4, -0.2) is 19.5 Å². The van der Waals surface area contributed by atoms with E-state index in [4.69, 9.17) is 15.0 Å². The van der Waals surface area contributed by atoms with E-state index in [9.17, 15) is 0 Å². The van der Waals surface area contributed by atoms with E-state index in [0.717, 1.165) is 38.8 Å². The van der Waals surface area contributed by atoms with Crippen molar-refractivity contribution in [3.8, 4) is 51.0 Å². The fraction of sp³-hybridized carbons (Fsp3) is 0. The summed E-state index contributed by atoms with van der Waals surface area (Å²) in [6.45, 7) is 0. The number of benzene rings is 10. The zero-order valence-electron chi connectivity index (χ0n) is 33.3. The molecule has 0 fully saturated rings. The third-order valence-electron chi connectivity index (χ3n) is 12.4. The Bertz CT molecular complexity index is 3870. The summed E-state index contributed by atoms with van der Waals surface area (Å²) in [5, 5.41) is 12.2. The van der Waals surface area contributed by atoms with E-state index in [2.05, 4.69) is 174 Å². The molecule has 0 unspecified atom stereocenters. The Labute approximate surface area is 360 Å². The second-order valence-electron chi connectivity index (χ2n) is 15.9. The first kappa shape index (κ1) is 34.8. The lowest BCUT2D eigenvalue weighted by Crippen LogP contribution is -2.04. The SMILES string of the molecule is c1ccc(-c2nc(-c3ccccc3)nc(-c3cc4c5ccccc5c5ccccc5c4cc3-n3c4ccccc4c4cc(-c5cccc6c5sc5ccccc56)ccc43)n2)cc1. The van der Waals surface area contributed by atoms with Gasteiger partial charge in [0, 0.05) is 47.6 Å². The average molecular weight is 807 g/mol. The van der Waals surface area contributed by atoms with Crippen LogP contribution in [0.4, 0.5) is 0 Å². The lowest BCUT2D eigenvalue weighted by Gasteiger charge is -2.18. The number of rotatable bonds is 5. The van der Waals surface area contributed by atoms with Crippen LogP contribution in [0.3, 0.4) is 0 Å². The van der Waals surface area contributed by atoms with Crippen molar-refractivity contribution in [2.75, 3.05) is 0 Å². The number of fused-ring (bicyclic) bond motifs is 12. The highest BCUT2D eigenvalue weighted by atomic mass is 32.1. The molecule has 0 saturated carbocycles. The summed E-state index contributed by atoms with van der Waals surface area (Å²) >= 11 is 1.87. The molecule has 0 spiro atoms. The summed E-state index contributed by atoms with van der Waals surface area (Å²) in [6.07, 6.45) is 0. The molecule has 0 aliphatic carbocycles. The maximum absolute atomic E-state index is 5.35. The Morgan fingerprint density at radius 1 is 0.306 bits per heavy atom. The third-order valence-corrected chi connectivity index (χ3v) is 13.6. The van der Waals surface area contributed by atoms with Gasteiger partial charge in [-0.05, 0) is 79.8 Å². The van der Waals surface area contributed by atoms with Gasteiger partial charge in [-0.2, -0.15) is 0 Å². The van der Waals surface area contributed by atoms with Crippen molar-refractivity contribution in [3.05, 3.63) is 206 Å². The molecule has 3 heterocycles. The van der Waals surface area contributed by atoms with E-state index in [-0.39, 0.29) is 0 Å². The summed E-state index contributed by atoms with van der Waals surface area (Å²) in [4.78, 5) is 15.8. The molecule has 0 atom stereocenters. The monoisotopic (exact) mass is 806 g/mol. The topological polar surface area (TPSA) is 43.6 Å². The van der Waals surface area contributed by atoms with Crippen molar-refractivity contribution >= 4 is 85.6 Å². The third kappa shape index (κ3) is 5.35. The predicted molar refractivity (Wildman–Crippen MR) is 261 cm³/mol. The highest BCUT2D eigenvalue weighted by molar-refractivity contribution is 7.26. The van der Waals surface area contributed by atoms with Crippen molar-refractivity contribution in [1.82, 2.24) is 19.5 Å². The van der Waals surface area contributed by atoms with Gasteiger partial charge in [0.15, 0.2) is 17.5 Å². The summed E-state index contributed by atoms with van der Waals surface area (Å²) in [7, 11) is 0. The average Bonchev–Trinajstić information content (AvgIpc) is 3.90. The molecule has 0 radical (unpaired) electrons. The Balaban J connectivity index is 1.14. The number of nitrogens with zero attached hydrogens (tertiary/aromatic N) is 4. The van der Waals surface area contributed by atoms with E-state index in [1.165, 1.54) is 69.0 Å². The number of para-hydroxylation sites is 1. The largest absolute Gasteiger partial charge is 0.308 e. The maximum Gasteiger partial charge on any atom is 0.166 e. The lowest BCUT2D eigenvalue weighted by molar-refractivity contribution is 1.07. The molecule has 62 heavy (non-hydrogen) atoms. The summed E-state index contributed by atoms with van der Waals surface area (Å²) < 4.78 is 5.05.